The number of rotatable bonds is 5. The first-order valence-electron chi connectivity index (χ1n) is 6.99. The van der Waals surface area contributed by atoms with Crippen molar-refractivity contribution in [2.45, 2.75) is 49.3 Å². The van der Waals surface area contributed by atoms with Crippen LogP contribution in [-0.4, -0.2) is 20.8 Å². The second kappa shape index (κ2) is 5.58. The largest absolute Gasteiger partial charge is 0.310 e. The standard InChI is InChI=1S/C15H20N4S/c1-10-6-12(8-16-13-4-5-13)9-17-15(10)20-14-7-11(2)18-19(14)3/h6-7,9,13,16H,4-5,8H2,1-3H3. The first-order valence-corrected chi connectivity index (χ1v) is 7.81. The van der Waals surface area contributed by atoms with Crippen LogP contribution in [0.2, 0.25) is 0 Å². The molecular formula is C15H20N4S. The molecule has 5 heteroatoms. The van der Waals surface area contributed by atoms with Gasteiger partial charge in [-0.25, -0.2) is 4.98 Å². The van der Waals surface area contributed by atoms with Gasteiger partial charge in [0.15, 0.2) is 0 Å². The van der Waals surface area contributed by atoms with Gasteiger partial charge in [0.05, 0.1) is 5.69 Å². The Morgan fingerprint density at radius 1 is 1.35 bits per heavy atom. The maximum absolute atomic E-state index is 4.60. The molecule has 0 atom stereocenters. The van der Waals surface area contributed by atoms with E-state index < -0.39 is 0 Å². The molecule has 0 amide bonds. The predicted octanol–water partition coefficient (Wildman–Crippen LogP) is 2.84. The Hall–Kier alpha value is -1.33. The zero-order chi connectivity index (χ0) is 14.1. The molecule has 0 spiro atoms. The van der Waals surface area contributed by atoms with Gasteiger partial charge in [0, 0.05) is 25.8 Å². The van der Waals surface area contributed by atoms with E-state index in [1.54, 1.807) is 11.8 Å². The van der Waals surface area contributed by atoms with Crippen LogP contribution >= 0.6 is 11.8 Å². The lowest BCUT2D eigenvalue weighted by molar-refractivity contribution is 0.683. The number of nitrogens with zero attached hydrogens (tertiary/aromatic N) is 3. The molecule has 0 aliphatic heterocycles. The summed E-state index contributed by atoms with van der Waals surface area (Å²) in [6, 6.07) is 5.06. The van der Waals surface area contributed by atoms with E-state index >= 15 is 0 Å². The van der Waals surface area contributed by atoms with E-state index in [0.29, 0.717) is 0 Å². The maximum Gasteiger partial charge on any atom is 0.105 e. The van der Waals surface area contributed by atoms with E-state index in [1.807, 2.05) is 24.9 Å². The Morgan fingerprint density at radius 3 is 2.75 bits per heavy atom. The predicted molar refractivity (Wildman–Crippen MR) is 80.9 cm³/mol. The van der Waals surface area contributed by atoms with Crippen LogP contribution < -0.4 is 5.32 Å². The number of hydrogen-bond donors (Lipinski definition) is 1. The molecule has 1 N–H and O–H groups in total. The molecule has 2 aromatic rings. The zero-order valence-corrected chi connectivity index (χ0v) is 13.0. The van der Waals surface area contributed by atoms with Crippen molar-refractivity contribution in [1.29, 1.82) is 0 Å². The van der Waals surface area contributed by atoms with Gasteiger partial charge in [0.1, 0.15) is 10.1 Å². The second-order valence-electron chi connectivity index (χ2n) is 5.47. The SMILES string of the molecule is Cc1cc(Sc2ncc(CNC3CC3)cc2C)n(C)n1. The van der Waals surface area contributed by atoms with Gasteiger partial charge in [-0.05, 0) is 43.9 Å². The molecule has 4 nitrogen and oxygen atoms in total. The van der Waals surface area contributed by atoms with Gasteiger partial charge in [0.2, 0.25) is 0 Å². The van der Waals surface area contributed by atoms with Crippen LogP contribution in [0.4, 0.5) is 0 Å². The van der Waals surface area contributed by atoms with Gasteiger partial charge in [0.25, 0.3) is 0 Å². The summed E-state index contributed by atoms with van der Waals surface area (Å²) in [6.07, 6.45) is 4.62. The first-order chi connectivity index (χ1) is 9.61. The molecule has 0 aromatic carbocycles. The van der Waals surface area contributed by atoms with Gasteiger partial charge >= 0.3 is 0 Å². The monoisotopic (exact) mass is 288 g/mol. The van der Waals surface area contributed by atoms with E-state index in [-0.39, 0.29) is 0 Å². The maximum atomic E-state index is 4.60. The van der Waals surface area contributed by atoms with E-state index in [4.69, 9.17) is 0 Å². The number of aryl methyl sites for hydroxylation is 3. The van der Waals surface area contributed by atoms with Crippen molar-refractivity contribution in [2.75, 3.05) is 0 Å². The van der Waals surface area contributed by atoms with Gasteiger partial charge < -0.3 is 5.32 Å². The molecule has 1 aliphatic rings. The second-order valence-corrected chi connectivity index (χ2v) is 6.48. The van der Waals surface area contributed by atoms with Crippen LogP contribution in [0.5, 0.6) is 0 Å². The average molecular weight is 288 g/mol. The summed E-state index contributed by atoms with van der Waals surface area (Å²) in [6.45, 7) is 5.06. The van der Waals surface area contributed by atoms with E-state index in [9.17, 15) is 0 Å². The fraction of sp³-hybridized carbons (Fsp3) is 0.467. The lowest BCUT2D eigenvalue weighted by Gasteiger charge is -2.08. The summed E-state index contributed by atoms with van der Waals surface area (Å²) in [4.78, 5) is 4.60. The van der Waals surface area contributed by atoms with Gasteiger partial charge in [-0.3, -0.25) is 4.68 Å². The minimum atomic E-state index is 0.738. The Labute approximate surface area is 124 Å². The molecule has 1 saturated carbocycles. The topological polar surface area (TPSA) is 42.7 Å². The number of hydrogen-bond acceptors (Lipinski definition) is 4. The van der Waals surface area contributed by atoms with Crippen molar-refractivity contribution in [3.05, 3.63) is 35.2 Å². The molecule has 106 valence electrons. The van der Waals surface area contributed by atoms with Crippen molar-refractivity contribution >= 4 is 11.8 Å². The summed E-state index contributed by atoms with van der Waals surface area (Å²) >= 11 is 1.68. The fourth-order valence-corrected chi connectivity index (χ4v) is 3.08. The van der Waals surface area contributed by atoms with Gasteiger partial charge in [-0.2, -0.15) is 5.10 Å². The number of nitrogens with one attached hydrogen (secondary N) is 1. The lowest BCUT2D eigenvalue weighted by Crippen LogP contribution is -2.15. The summed E-state index contributed by atoms with van der Waals surface area (Å²) in [5, 5.41) is 10.1. The van der Waals surface area contributed by atoms with E-state index in [0.717, 1.165) is 28.3 Å². The third-order valence-electron chi connectivity index (χ3n) is 3.42. The van der Waals surface area contributed by atoms with Crippen molar-refractivity contribution in [2.24, 2.45) is 7.05 Å². The molecule has 2 heterocycles. The average Bonchev–Trinajstić information content (AvgIpc) is 3.17. The highest BCUT2D eigenvalue weighted by atomic mass is 32.2. The van der Waals surface area contributed by atoms with Crippen LogP contribution in [0, 0.1) is 13.8 Å². The van der Waals surface area contributed by atoms with Crippen LogP contribution in [0.3, 0.4) is 0 Å². The number of pyridine rings is 1. The van der Waals surface area contributed by atoms with Crippen molar-refractivity contribution in [1.82, 2.24) is 20.1 Å². The van der Waals surface area contributed by atoms with Crippen LogP contribution in [-0.2, 0) is 13.6 Å². The third kappa shape index (κ3) is 3.22. The van der Waals surface area contributed by atoms with Crippen LogP contribution in [0.25, 0.3) is 0 Å². The third-order valence-corrected chi connectivity index (χ3v) is 4.63. The van der Waals surface area contributed by atoms with Crippen molar-refractivity contribution < 1.29 is 0 Å². The molecule has 1 aliphatic carbocycles. The molecule has 0 unspecified atom stereocenters. The summed E-state index contributed by atoms with van der Waals surface area (Å²) < 4.78 is 1.91. The van der Waals surface area contributed by atoms with E-state index in [2.05, 4.69) is 34.5 Å². The highest BCUT2D eigenvalue weighted by Gasteiger charge is 2.20. The minimum Gasteiger partial charge on any atom is -0.310 e. The zero-order valence-electron chi connectivity index (χ0n) is 12.2. The molecule has 2 aromatic heterocycles. The van der Waals surface area contributed by atoms with Crippen molar-refractivity contribution in [3.8, 4) is 0 Å². The summed E-state index contributed by atoms with van der Waals surface area (Å²) in [5.41, 5.74) is 3.53. The Kier molecular flexibility index (Phi) is 3.81. The van der Waals surface area contributed by atoms with Crippen LogP contribution in [0.1, 0.15) is 29.7 Å². The normalized spacial score (nSPS) is 14.8. The molecule has 1 fully saturated rings. The molecule has 20 heavy (non-hydrogen) atoms. The fourth-order valence-electron chi connectivity index (χ4n) is 2.16. The Balaban J connectivity index is 1.71. The van der Waals surface area contributed by atoms with Gasteiger partial charge in [-0.1, -0.05) is 17.8 Å². The summed E-state index contributed by atoms with van der Waals surface area (Å²) in [7, 11) is 1.97. The van der Waals surface area contributed by atoms with Crippen LogP contribution in [0.15, 0.2) is 28.4 Å². The Bertz CT molecular complexity index is 616. The van der Waals surface area contributed by atoms with Gasteiger partial charge in [-0.15, -0.1) is 0 Å². The molecule has 0 saturated heterocycles. The van der Waals surface area contributed by atoms with Crippen molar-refractivity contribution in [3.63, 3.8) is 0 Å². The van der Waals surface area contributed by atoms with E-state index in [1.165, 1.54) is 24.0 Å². The molecule has 0 bridgehead atoms. The lowest BCUT2D eigenvalue weighted by atomic mass is 10.2. The molecular weight excluding hydrogens is 268 g/mol. The highest BCUT2D eigenvalue weighted by molar-refractivity contribution is 7.99. The highest BCUT2D eigenvalue weighted by Crippen LogP contribution is 2.29. The molecule has 3 rings (SSSR count). The Morgan fingerprint density at radius 2 is 2.15 bits per heavy atom. The number of aromatic nitrogens is 3. The smallest absolute Gasteiger partial charge is 0.105 e. The molecule has 0 radical (unpaired) electrons. The minimum absolute atomic E-state index is 0.738. The summed E-state index contributed by atoms with van der Waals surface area (Å²) in [5.74, 6) is 0. The quantitative estimate of drug-likeness (QED) is 0.918. The first kappa shape index (κ1) is 13.6.